The predicted octanol–water partition coefficient (Wildman–Crippen LogP) is 4.31. The summed E-state index contributed by atoms with van der Waals surface area (Å²) in [6.45, 7) is 8.59. The number of carboxylic acid groups (broad SMARTS) is 1. The molecule has 12 nitrogen and oxygen atoms in total. The molecule has 2 saturated heterocycles. The van der Waals surface area contributed by atoms with Crippen molar-refractivity contribution in [1.29, 1.82) is 0 Å². The lowest BCUT2D eigenvalue weighted by molar-refractivity contribution is -0.168. The Kier molecular flexibility index (Phi) is 9.21. The molecule has 12 heteroatoms. The number of piperidine rings is 2. The highest BCUT2D eigenvalue weighted by atomic mass is 16.5. The molecule has 4 heterocycles. The molecular formula is C30H39N7O5. The van der Waals surface area contributed by atoms with Crippen molar-refractivity contribution < 1.29 is 24.1 Å². The van der Waals surface area contributed by atoms with Crippen LogP contribution in [-0.4, -0.2) is 81.6 Å². The summed E-state index contributed by atoms with van der Waals surface area (Å²) >= 11 is 0. The minimum absolute atomic E-state index is 0.00258. The molecule has 42 heavy (non-hydrogen) atoms. The van der Waals surface area contributed by atoms with E-state index < -0.39 is 11.6 Å². The largest absolute Gasteiger partial charge is 0.490 e. The molecule has 2 aliphatic heterocycles. The van der Waals surface area contributed by atoms with Crippen LogP contribution in [0.15, 0.2) is 48.9 Å². The van der Waals surface area contributed by atoms with E-state index in [9.17, 15) is 9.90 Å². The number of ether oxygens (including phenoxy) is 3. The van der Waals surface area contributed by atoms with Gasteiger partial charge in [0.2, 0.25) is 5.95 Å². The third-order valence-corrected chi connectivity index (χ3v) is 7.33. The van der Waals surface area contributed by atoms with Crippen LogP contribution in [0.25, 0.3) is 0 Å². The lowest BCUT2D eigenvalue weighted by atomic mass is 10.1. The molecular weight excluding hydrogens is 538 g/mol. The Balaban J connectivity index is 1.22. The van der Waals surface area contributed by atoms with Gasteiger partial charge < -0.3 is 34.4 Å². The van der Waals surface area contributed by atoms with Gasteiger partial charge in [-0.05, 0) is 64.7 Å². The van der Waals surface area contributed by atoms with Gasteiger partial charge >= 0.3 is 5.97 Å². The molecule has 0 radical (unpaired) electrons. The molecule has 0 spiro atoms. The fourth-order valence-electron chi connectivity index (χ4n) is 5.22. The Hall–Kier alpha value is -4.19. The van der Waals surface area contributed by atoms with Crippen molar-refractivity contribution in [3.8, 4) is 11.5 Å². The number of benzene rings is 1. The van der Waals surface area contributed by atoms with E-state index in [1.54, 1.807) is 32.4 Å². The van der Waals surface area contributed by atoms with Gasteiger partial charge in [0.15, 0.2) is 22.9 Å². The number of para-hydroxylation sites is 2. The van der Waals surface area contributed by atoms with Crippen LogP contribution in [0, 0.1) is 0 Å². The van der Waals surface area contributed by atoms with Gasteiger partial charge in [0.1, 0.15) is 17.7 Å². The van der Waals surface area contributed by atoms with E-state index in [0.29, 0.717) is 31.5 Å². The number of aliphatic carboxylic acids is 1. The summed E-state index contributed by atoms with van der Waals surface area (Å²) < 4.78 is 18.0. The monoisotopic (exact) mass is 577 g/mol. The van der Waals surface area contributed by atoms with Crippen molar-refractivity contribution in [3.63, 3.8) is 0 Å². The first-order chi connectivity index (χ1) is 20.3. The van der Waals surface area contributed by atoms with Gasteiger partial charge in [0, 0.05) is 25.8 Å². The van der Waals surface area contributed by atoms with Crippen molar-refractivity contribution in [2.45, 2.75) is 64.3 Å². The molecule has 0 amide bonds. The molecule has 2 aliphatic rings. The smallest absolute Gasteiger partial charge is 0.335 e. The second-order valence-electron chi connectivity index (χ2n) is 11.0. The maximum absolute atomic E-state index is 11.5. The minimum Gasteiger partial charge on any atom is -0.490 e. The normalized spacial score (nSPS) is 19.3. The number of carboxylic acids is 1. The van der Waals surface area contributed by atoms with Crippen LogP contribution >= 0.6 is 0 Å². The summed E-state index contributed by atoms with van der Waals surface area (Å²) in [6, 6.07) is 9.60. The number of aromatic nitrogens is 4. The standard InChI is InChI=1S/C30H39N7O5/c1-4-40-23-11-5-6-12-24(23)41-21-9-7-16-37(19-21)27-18-31-17-25(33-27)34-29-32-14-13-26(35-29)36-15-8-10-22(20-36)42-30(2,3)28(38)39/h5-6,11-14,17-18,21-22H,4,7-10,15-16,19-20H2,1-3H3,(H,38,39)(H,32,33,34,35)/t21-,22-/m1/s1. The highest BCUT2D eigenvalue weighted by Gasteiger charge is 2.34. The summed E-state index contributed by atoms with van der Waals surface area (Å²) in [5, 5.41) is 12.6. The number of hydrogen-bond donors (Lipinski definition) is 2. The fourth-order valence-corrected chi connectivity index (χ4v) is 5.22. The van der Waals surface area contributed by atoms with E-state index in [0.717, 1.165) is 61.9 Å². The third-order valence-electron chi connectivity index (χ3n) is 7.33. The summed E-state index contributed by atoms with van der Waals surface area (Å²) in [7, 11) is 0. The number of hydrogen-bond acceptors (Lipinski definition) is 11. The van der Waals surface area contributed by atoms with E-state index in [-0.39, 0.29) is 12.2 Å². The first kappa shape index (κ1) is 29.3. The van der Waals surface area contributed by atoms with E-state index in [4.69, 9.17) is 24.2 Å². The van der Waals surface area contributed by atoms with Gasteiger partial charge in [-0.1, -0.05) is 12.1 Å². The van der Waals surface area contributed by atoms with Gasteiger partial charge in [-0.15, -0.1) is 0 Å². The summed E-state index contributed by atoms with van der Waals surface area (Å²) in [4.78, 5) is 34.1. The van der Waals surface area contributed by atoms with Crippen LogP contribution in [0.2, 0.25) is 0 Å². The van der Waals surface area contributed by atoms with Crippen LogP contribution in [-0.2, 0) is 9.53 Å². The SMILES string of the molecule is CCOc1ccccc1O[C@@H]1CCCN(c2cncc(Nc3nccc(N4CCC[C@@H](OC(C)(C)C(=O)O)C4)n3)n2)C1. The number of nitrogens with one attached hydrogen (secondary N) is 1. The zero-order valence-corrected chi connectivity index (χ0v) is 24.4. The van der Waals surface area contributed by atoms with Crippen molar-refractivity contribution in [2.75, 3.05) is 47.9 Å². The maximum atomic E-state index is 11.5. The summed E-state index contributed by atoms with van der Waals surface area (Å²) in [5.41, 5.74) is -1.25. The number of carbonyl (C=O) groups is 1. The Labute approximate surface area is 246 Å². The Morgan fingerprint density at radius 3 is 2.48 bits per heavy atom. The molecule has 2 fully saturated rings. The lowest BCUT2D eigenvalue weighted by Crippen LogP contribution is -2.46. The Morgan fingerprint density at radius 2 is 1.71 bits per heavy atom. The Bertz CT molecular complexity index is 1360. The van der Waals surface area contributed by atoms with Gasteiger partial charge in [-0.2, -0.15) is 4.98 Å². The molecule has 224 valence electrons. The van der Waals surface area contributed by atoms with E-state index in [1.165, 1.54) is 0 Å². The molecule has 2 aromatic heterocycles. The van der Waals surface area contributed by atoms with Gasteiger partial charge in [-0.3, -0.25) is 4.98 Å². The van der Waals surface area contributed by atoms with Crippen molar-refractivity contribution in [3.05, 3.63) is 48.9 Å². The third kappa shape index (κ3) is 7.35. The molecule has 5 rings (SSSR count). The van der Waals surface area contributed by atoms with Crippen LogP contribution in [0.1, 0.15) is 46.5 Å². The first-order valence-corrected chi connectivity index (χ1v) is 14.5. The molecule has 0 unspecified atom stereocenters. The number of rotatable bonds is 11. The molecule has 3 aromatic rings. The molecule has 2 atom stereocenters. The van der Waals surface area contributed by atoms with Crippen LogP contribution < -0.4 is 24.6 Å². The zero-order valence-electron chi connectivity index (χ0n) is 24.4. The average molecular weight is 578 g/mol. The van der Waals surface area contributed by atoms with E-state index >= 15 is 0 Å². The van der Waals surface area contributed by atoms with Crippen molar-refractivity contribution in [2.24, 2.45) is 0 Å². The summed E-state index contributed by atoms with van der Waals surface area (Å²) in [6.07, 6.45) is 8.47. The molecule has 0 saturated carbocycles. The van der Waals surface area contributed by atoms with Gasteiger partial charge in [-0.25, -0.2) is 14.8 Å². The fraction of sp³-hybridized carbons (Fsp3) is 0.500. The highest BCUT2D eigenvalue weighted by Crippen LogP contribution is 2.30. The molecule has 0 bridgehead atoms. The quantitative estimate of drug-likeness (QED) is 0.336. The maximum Gasteiger partial charge on any atom is 0.335 e. The number of anilines is 4. The van der Waals surface area contributed by atoms with Crippen LogP contribution in [0.5, 0.6) is 11.5 Å². The van der Waals surface area contributed by atoms with Gasteiger partial charge in [0.05, 0.1) is 31.6 Å². The first-order valence-electron chi connectivity index (χ1n) is 14.5. The van der Waals surface area contributed by atoms with Crippen LogP contribution in [0.4, 0.5) is 23.4 Å². The van der Waals surface area contributed by atoms with Crippen LogP contribution in [0.3, 0.4) is 0 Å². The second-order valence-corrected chi connectivity index (χ2v) is 11.0. The van der Waals surface area contributed by atoms with Gasteiger partial charge in [0.25, 0.3) is 0 Å². The Morgan fingerprint density at radius 1 is 1.00 bits per heavy atom. The topological polar surface area (TPSA) is 135 Å². The molecule has 2 N–H and O–H groups in total. The van der Waals surface area contributed by atoms with Crippen molar-refractivity contribution >= 4 is 29.4 Å². The lowest BCUT2D eigenvalue weighted by Gasteiger charge is -2.36. The van der Waals surface area contributed by atoms with Crippen molar-refractivity contribution in [1.82, 2.24) is 19.9 Å². The number of nitrogens with zero attached hydrogens (tertiary/aromatic N) is 6. The highest BCUT2D eigenvalue weighted by molar-refractivity contribution is 5.76. The minimum atomic E-state index is -1.25. The summed E-state index contributed by atoms with van der Waals surface area (Å²) in [5.74, 6) is 2.96. The molecule has 1 aromatic carbocycles. The van der Waals surface area contributed by atoms with E-state index in [2.05, 4.69) is 25.1 Å². The molecule has 0 aliphatic carbocycles. The predicted molar refractivity (Wildman–Crippen MR) is 159 cm³/mol. The average Bonchev–Trinajstić information content (AvgIpc) is 2.99. The second kappa shape index (κ2) is 13.2. The zero-order chi connectivity index (χ0) is 29.5. The van der Waals surface area contributed by atoms with E-state index in [1.807, 2.05) is 37.3 Å².